The fraction of sp³-hybridized carbons (Fsp3) is 0.188. The number of rotatable bonds is 1. The van der Waals surface area contributed by atoms with E-state index >= 15 is 0 Å². The molecule has 0 radical (unpaired) electrons. The van der Waals surface area contributed by atoms with E-state index in [1.807, 2.05) is 0 Å². The second-order valence-electron chi connectivity index (χ2n) is 5.41. The van der Waals surface area contributed by atoms with Gasteiger partial charge in [-0.05, 0) is 30.3 Å². The standard InChI is InChI=1S/C16H13FN2O3S/c17-10-5-6-14-12(9-10)13(7-8-22-14)18-16-11-3-1-2-4-15(11)23(20,21)19-16/h1-6,9,13H,7-8H2,(H,18,19). The van der Waals surface area contributed by atoms with E-state index in [2.05, 4.69) is 9.71 Å². The van der Waals surface area contributed by atoms with Crippen LogP contribution in [0.3, 0.4) is 0 Å². The fourth-order valence-corrected chi connectivity index (χ4v) is 4.11. The number of hydrogen-bond donors (Lipinski definition) is 1. The Labute approximate surface area is 132 Å². The highest BCUT2D eigenvalue weighted by Crippen LogP contribution is 2.36. The Morgan fingerprint density at radius 3 is 2.91 bits per heavy atom. The molecule has 0 aromatic heterocycles. The number of fused-ring (bicyclic) bond motifs is 2. The Hall–Kier alpha value is -2.41. The molecule has 1 atom stereocenters. The third kappa shape index (κ3) is 2.37. The number of aliphatic imine (C=N–C) groups is 1. The summed E-state index contributed by atoms with van der Waals surface area (Å²) < 4.78 is 45.8. The summed E-state index contributed by atoms with van der Waals surface area (Å²) in [7, 11) is -3.58. The van der Waals surface area contributed by atoms with Gasteiger partial charge in [-0.2, -0.15) is 0 Å². The first-order valence-electron chi connectivity index (χ1n) is 7.17. The Morgan fingerprint density at radius 2 is 2.04 bits per heavy atom. The number of ether oxygens (including phenoxy) is 1. The Kier molecular flexibility index (Phi) is 3.12. The average Bonchev–Trinajstić information content (AvgIpc) is 2.79. The molecule has 0 saturated carbocycles. The smallest absolute Gasteiger partial charge is 0.263 e. The first-order chi connectivity index (χ1) is 11.0. The van der Waals surface area contributed by atoms with Gasteiger partial charge in [-0.3, -0.25) is 9.71 Å². The lowest BCUT2D eigenvalue weighted by atomic mass is 10.0. The third-order valence-electron chi connectivity index (χ3n) is 3.93. The van der Waals surface area contributed by atoms with Gasteiger partial charge in [0, 0.05) is 17.5 Å². The van der Waals surface area contributed by atoms with Crippen LogP contribution in [0.2, 0.25) is 0 Å². The largest absolute Gasteiger partial charge is 0.493 e. The molecule has 2 aliphatic heterocycles. The first-order valence-corrected chi connectivity index (χ1v) is 8.65. The van der Waals surface area contributed by atoms with E-state index in [4.69, 9.17) is 4.74 Å². The van der Waals surface area contributed by atoms with Crippen LogP contribution in [0, 0.1) is 5.82 Å². The van der Waals surface area contributed by atoms with Gasteiger partial charge in [-0.25, -0.2) is 12.8 Å². The first kappa shape index (κ1) is 14.2. The molecular formula is C16H13FN2O3S. The molecule has 0 fully saturated rings. The van der Waals surface area contributed by atoms with E-state index in [-0.39, 0.29) is 16.8 Å². The SMILES string of the molecule is O=S1(=O)NC(=NC2CCOc3ccc(F)cc32)c2ccccc21. The van der Waals surface area contributed by atoms with Crippen molar-refractivity contribution in [3.05, 3.63) is 59.4 Å². The van der Waals surface area contributed by atoms with Gasteiger partial charge in [0.1, 0.15) is 17.4 Å². The molecule has 118 valence electrons. The Balaban J connectivity index is 1.81. The van der Waals surface area contributed by atoms with Crippen LogP contribution in [-0.4, -0.2) is 20.9 Å². The quantitative estimate of drug-likeness (QED) is 0.872. The summed E-state index contributed by atoms with van der Waals surface area (Å²) in [6, 6.07) is 10.6. The summed E-state index contributed by atoms with van der Waals surface area (Å²) in [6.45, 7) is 0.453. The predicted molar refractivity (Wildman–Crippen MR) is 82.6 cm³/mol. The monoisotopic (exact) mass is 332 g/mol. The van der Waals surface area contributed by atoms with Crippen molar-refractivity contribution < 1.29 is 17.5 Å². The molecule has 2 aliphatic rings. The number of halogens is 1. The lowest BCUT2D eigenvalue weighted by molar-refractivity contribution is 0.268. The van der Waals surface area contributed by atoms with Crippen LogP contribution in [0.4, 0.5) is 4.39 Å². The molecule has 23 heavy (non-hydrogen) atoms. The van der Waals surface area contributed by atoms with Crippen LogP contribution < -0.4 is 9.46 Å². The molecule has 1 unspecified atom stereocenters. The number of nitrogens with zero attached hydrogens (tertiary/aromatic N) is 1. The van der Waals surface area contributed by atoms with Gasteiger partial charge in [0.25, 0.3) is 10.0 Å². The van der Waals surface area contributed by atoms with Crippen LogP contribution in [0.15, 0.2) is 52.4 Å². The zero-order valence-electron chi connectivity index (χ0n) is 12.0. The van der Waals surface area contributed by atoms with Crippen molar-refractivity contribution in [3.8, 4) is 5.75 Å². The minimum Gasteiger partial charge on any atom is -0.493 e. The lowest BCUT2D eigenvalue weighted by Crippen LogP contribution is -2.24. The predicted octanol–water partition coefficient (Wildman–Crippen LogP) is 2.39. The van der Waals surface area contributed by atoms with Crippen molar-refractivity contribution in [3.63, 3.8) is 0 Å². The minimum absolute atomic E-state index is 0.213. The minimum atomic E-state index is -3.58. The van der Waals surface area contributed by atoms with Gasteiger partial charge < -0.3 is 4.74 Å². The van der Waals surface area contributed by atoms with Crippen LogP contribution in [-0.2, 0) is 10.0 Å². The molecule has 0 aliphatic carbocycles. The van der Waals surface area contributed by atoms with Crippen LogP contribution >= 0.6 is 0 Å². The van der Waals surface area contributed by atoms with E-state index in [9.17, 15) is 12.8 Å². The van der Waals surface area contributed by atoms with Crippen molar-refractivity contribution in [2.45, 2.75) is 17.4 Å². The highest BCUT2D eigenvalue weighted by molar-refractivity contribution is 7.90. The Morgan fingerprint density at radius 1 is 1.22 bits per heavy atom. The number of hydrogen-bond acceptors (Lipinski definition) is 4. The molecule has 2 aromatic rings. The van der Waals surface area contributed by atoms with E-state index in [1.165, 1.54) is 18.2 Å². The molecule has 0 saturated heterocycles. The van der Waals surface area contributed by atoms with Crippen LogP contribution in [0.5, 0.6) is 5.75 Å². The molecule has 1 N–H and O–H groups in total. The third-order valence-corrected chi connectivity index (χ3v) is 5.32. The molecule has 5 nitrogen and oxygen atoms in total. The summed E-state index contributed by atoms with van der Waals surface area (Å²) in [5.41, 5.74) is 1.17. The van der Waals surface area contributed by atoms with E-state index in [0.29, 0.717) is 35.7 Å². The highest BCUT2D eigenvalue weighted by Gasteiger charge is 2.32. The molecule has 2 heterocycles. The van der Waals surface area contributed by atoms with Crippen molar-refractivity contribution in [2.75, 3.05) is 6.61 Å². The second-order valence-corrected chi connectivity index (χ2v) is 7.07. The van der Waals surface area contributed by atoms with Crippen molar-refractivity contribution in [2.24, 2.45) is 4.99 Å². The number of sulfonamides is 1. The highest BCUT2D eigenvalue weighted by atomic mass is 32.2. The van der Waals surface area contributed by atoms with Crippen molar-refractivity contribution in [1.82, 2.24) is 4.72 Å². The van der Waals surface area contributed by atoms with E-state index in [0.717, 1.165) is 0 Å². The molecule has 7 heteroatoms. The molecule has 4 rings (SSSR count). The van der Waals surface area contributed by atoms with E-state index < -0.39 is 10.0 Å². The average molecular weight is 332 g/mol. The van der Waals surface area contributed by atoms with Gasteiger partial charge >= 0.3 is 0 Å². The van der Waals surface area contributed by atoms with Crippen molar-refractivity contribution >= 4 is 15.9 Å². The van der Waals surface area contributed by atoms with Crippen LogP contribution in [0.1, 0.15) is 23.6 Å². The lowest BCUT2D eigenvalue weighted by Gasteiger charge is -2.23. The molecule has 0 amide bonds. The van der Waals surface area contributed by atoms with E-state index in [1.54, 1.807) is 24.3 Å². The van der Waals surface area contributed by atoms with Gasteiger partial charge in [0.05, 0.1) is 17.5 Å². The fourth-order valence-electron chi connectivity index (χ4n) is 2.87. The topological polar surface area (TPSA) is 67.8 Å². The van der Waals surface area contributed by atoms with Gasteiger partial charge in [-0.1, -0.05) is 12.1 Å². The maximum absolute atomic E-state index is 13.5. The molecule has 0 bridgehead atoms. The summed E-state index contributed by atoms with van der Waals surface area (Å²) in [4.78, 5) is 4.75. The summed E-state index contributed by atoms with van der Waals surface area (Å²) in [5, 5.41) is 0. The maximum Gasteiger partial charge on any atom is 0.263 e. The van der Waals surface area contributed by atoms with Crippen molar-refractivity contribution in [1.29, 1.82) is 0 Å². The van der Waals surface area contributed by atoms with Crippen LogP contribution in [0.25, 0.3) is 0 Å². The molecule has 2 aromatic carbocycles. The number of benzene rings is 2. The summed E-state index contributed by atoms with van der Waals surface area (Å²) in [6.07, 6.45) is 0.559. The normalized spacial score (nSPS) is 22.8. The molecule has 0 spiro atoms. The summed E-state index contributed by atoms with van der Waals surface area (Å²) >= 11 is 0. The zero-order chi connectivity index (χ0) is 16.0. The second kappa shape index (κ2) is 5.06. The van der Waals surface area contributed by atoms with Gasteiger partial charge in [-0.15, -0.1) is 0 Å². The summed E-state index contributed by atoms with van der Waals surface area (Å²) in [5.74, 6) is 0.510. The van der Waals surface area contributed by atoms with Gasteiger partial charge in [0.15, 0.2) is 0 Å². The number of amidine groups is 1. The zero-order valence-corrected chi connectivity index (χ0v) is 12.8. The number of nitrogens with one attached hydrogen (secondary N) is 1. The van der Waals surface area contributed by atoms with Gasteiger partial charge in [0.2, 0.25) is 0 Å². The maximum atomic E-state index is 13.5. The Bertz CT molecular complexity index is 925. The molecular weight excluding hydrogens is 319 g/mol.